The largest absolute Gasteiger partial charge is 0.412 e. The Kier molecular flexibility index (Phi) is 4.56. The van der Waals surface area contributed by atoms with Gasteiger partial charge in [-0.1, -0.05) is 5.16 Å². The molecule has 2 aliphatic heterocycles. The topological polar surface area (TPSA) is 60.8 Å². The third-order valence-corrected chi connectivity index (χ3v) is 4.95. The standard InChI is InChI=1S/C15H17FN2O.ClH.H2O/c1-18-11-3-4-12(18)7-9(6-11)15-13-5-2-10(16)8-14(13)19-17-15;;/h2,5,8-9,11-12H,3-4,6-7H2,1H3;1H;1H2. The van der Waals surface area contributed by atoms with Gasteiger partial charge in [0, 0.05) is 29.5 Å². The summed E-state index contributed by atoms with van der Waals surface area (Å²) in [5, 5.41) is 5.20. The molecule has 0 amide bonds. The van der Waals surface area contributed by atoms with E-state index in [0.717, 1.165) is 23.9 Å². The first-order valence-corrected chi connectivity index (χ1v) is 6.99. The average molecular weight is 315 g/mol. The number of hydrogen-bond donors (Lipinski definition) is 0. The molecule has 3 heterocycles. The Morgan fingerprint density at radius 2 is 1.90 bits per heavy atom. The Balaban J connectivity index is 0.000000807. The van der Waals surface area contributed by atoms with Gasteiger partial charge in [-0.05, 0) is 44.9 Å². The summed E-state index contributed by atoms with van der Waals surface area (Å²) in [6, 6.07) is 6.07. The molecular weight excluding hydrogens is 295 g/mol. The van der Waals surface area contributed by atoms with Crippen LogP contribution in [0.1, 0.15) is 37.3 Å². The van der Waals surface area contributed by atoms with Crippen molar-refractivity contribution in [1.29, 1.82) is 0 Å². The highest BCUT2D eigenvalue weighted by Crippen LogP contribution is 2.43. The molecule has 116 valence electrons. The molecule has 0 aliphatic carbocycles. The third kappa shape index (κ3) is 2.54. The highest BCUT2D eigenvalue weighted by molar-refractivity contribution is 5.85. The van der Waals surface area contributed by atoms with Crippen LogP contribution in [0, 0.1) is 5.82 Å². The second kappa shape index (κ2) is 5.91. The Morgan fingerprint density at radius 3 is 2.57 bits per heavy atom. The minimum Gasteiger partial charge on any atom is -0.412 e. The summed E-state index contributed by atoms with van der Waals surface area (Å²) in [5.41, 5.74) is 1.60. The fourth-order valence-corrected chi connectivity index (χ4v) is 3.86. The van der Waals surface area contributed by atoms with Gasteiger partial charge in [-0.3, -0.25) is 0 Å². The van der Waals surface area contributed by atoms with Crippen molar-refractivity contribution < 1.29 is 14.4 Å². The van der Waals surface area contributed by atoms with Crippen LogP contribution in [0.5, 0.6) is 0 Å². The van der Waals surface area contributed by atoms with Crippen LogP contribution < -0.4 is 0 Å². The van der Waals surface area contributed by atoms with Crippen LogP contribution in [-0.2, 0) is 0 Å². The molecule has 2 aromatic rings. The molecule has 1 aromatic carbocycles. The number of piperidine rings is 1. The van der Waals surface area contributed by atoms with Gasteiger partial charge in [0.05, 0.1) is 5.69 Å². The average Bonchev–Trinajstić information content (AvgIpc) is 2.87. The molecule has 4 rings (SSSR count). The molecule has 4 nitrogen and oxygen atoms in total. The highest BCUT2D eigenvalue weighted by Gasteiger charge is 2.40. The Labute approximate surface area is 129 Å². The number of rotatable bonds is 1. The summed E-state index contributed by atoms with van der Waals surface area (Å²) < 4.78 is 18.5. The van der Waals surface area contributed by atoms with Crippen molar-refractivity contribution in [1.82, 2.24) is 10.1 Å². The molecular formula is C15H20ClFN2O2. The van der Waals surface area contributed by atoms with E-state index >= 15 is 0 Å². The smallest absolute Gasteiger partial charge is 0.170 e. The predicted octanol–water partition coefficient (Wildman–Crippen LogP) is 2.90. The molecule has 2 atom stereocenters. The van der Waals surface area contributed by atoms with E-state index in [1.165, 1.54) is 25.0 Å². The Morgan fingerprint density at radius 1 is 1.24 bits per heavy atom. The first-order chi connectivity index (χ1) is 9.22. The predicted molar refractivity (Wildman–Crippen MR) is 81.4 cm³/mol. The van der Waals surface area contributed by atoms with Crippen LogP contribution in [0.2, 0.25) is 0 Å². The van der Waals surface area contributed by atoms with Crippen LogP contribution in [0.3, 0.4) is 0 Å². The van der Waals surface area contributed by atoms with Gasteiger partial charge in [-0.15, -0.1) is 12.4 Å². The van der Waals surface area contributed by atoms with Crippen LogP contribution in [-0.4, -0.2) is 34.7 Å². The quantitative estimate of drug-likeness (QED) is 0.813. The van der Waals surface area contributed by atoms with Crippen molar-refractivity contribution in [3.63, 3.8) is 0 Å². The van der Waals surface area contributed by atoms with Gasteiger partial charge >= 0.3 is 0 Å². The van der Waals surface area contributed by atoms with E-state index in [1.54, 1.807) is 6.07 Å². The summed E-state index contributed by atoms with van der Waals surface area (Å²) in [6.45, 7) is 0. The molecule has 2 aliphatic rings. The van der Waals surface area contributed by atoms with Crippen molar-refractivity contribution in [2.45, 2.75) is 43.7 Å². The number of nitrogens with zero attached hydrogens (tertiary/aromatic N) is 2. The number of fused-ring (bicyclic) bond motifs is 3. The minimum absolute atomic E-state index is 0. The fraction of sp³-hybridized carbons (Fsp3) is 0.533. The first kappa shape index (κ1) is 16.2. The van der Waals surface area contributed by atoms with E-state index in [4.69, 9.17) is 4.52 Å². The van der Waals surface area contributed by atoms with E-state index in [2.05, 4.69) is 17.1 Å². The zero-order valence-electron chi connectivity index (χ0n) is 11.9. The van der Waals surface area contributed by atoms with Gasteiger partial charge in [-0.25, -0.2) is 4.39 Å². The van der Waals surface area contributed by atoms with Gasteiger partial charge in [0.25, 0.3) is 0 Å². The summed E-state index contributed by atoms with van der Waals surface area (Å²) in [5.74, 6) is 0.194. The van der Waals surface area contributed by atoms with Gasteiger partial charge in [0.2, 0.25) is 0 Å². The van der Waals surface area contributed by atoms with Crippen LogP contribution >= 0.6 is 12.4 Å². The minimum atomic E-state index is -0.265. The second-order valence-corrected chi connectivity index (χ2v) is 5.93. The molecule has 2 saturated heterocycles. The van der Waals surface area contributed by atoms with Gasteiger partial charge in [0.15, 0.2) is 5.58 Å². The number of hydrogen-bond acceptors (Lipinski definition) is 3. The summed E-state index contributed by atoms with van der Waals surface area (Å²) in [7, 11) is 2.23. The molecule has 0 radical (unpaired) electrons. The van der Waals surface area contributed by atoms with Crippen LogP contribution in [0.25, 0.3) is 11.0 Å². The molecule has 2 fully saturated rings. The summed E-state index contributed by atoms with van der Waals surface area (Å²) >= 11 is 0. The molecule has 0 spiro atoms. The maximum atomic E-state index is 13.2. The number of benzene rings is 1. The zero-order chi connectivity index (χ0) is 13.0. The van der Waals surface area contributed by atoms with Crippen LogP contribution in [0.4, 0.5) is 4.39 Å². The monoisotopic (exact) mass is 314 g/mol. The maximum absolute atomic E-state index is 13.2. The van der Waals surface area contributed by atoms with Crippen molar-refractivity contribution in [3.05, 3.63) is 29.7 Å². The molecule has 2 N–H and O–H groups in total. The Bertz CT molecular complexity index is 619. The lowest BCUT2D eigenvalue weighted by Gasteiger charge is -2.35. The SMILES string of the molecule is CN1C2CCC1CC(c1noc3cc(F)ccc13)C2.Cl.O. The molecule has 6 heteroatoms. The third-order valence-electron chi connectivity index (χ3n) is 4.95. The normalized spacial score (nSPS) is 28.2. The van der Waals surface area contributed by atoms with E-state index in [1.807, 2.05) is 0 Å². The number of halogens is 2. The van der Waals surface area contributed by atoms with E-state index < -0.39 is 0 Å². The summed E-state index contributed by atoms with van der Waals surface area (Å²) in [6.07, 6.45) is 4.88. The lowest BCUT2D eigenvalue weighted by molar-refractivity contribution is 0.159. The van der Waals surface area contributed by atoms with Gasteiger partial charge in [0.1, 0.15) is 5.82 Å². The van der Waals surface area contributed by atoms with Crippen molar-refractivity contribution >= 4 is 23.4 Å². The van der Waals surface area contributed by atoms with E-state index in [0.29, 0.717) is 23.6 Å². The van der Waals surface area contributed by atoms with Gasteiger partial charge < -0.3 is 14.9 Å². The number of aromatic nitrogens is 1. The van der Waals surface area contributed by atoms with Crippen molar-refractivity contribution in [2.24, 2.45) is 0 Å². The lowest BCUT2D eigenvalue weighted by Crippen LogP contribution is -2.39. The van der Waals surface area contributed by atoms with E-state index in [-0.39, 0.29) is 23.7 Å². The van der Waals surface area contributed by atoms with Crippen molar-refractivity contribution in [3.8, 4) is 0 Å². The summed E-state index contributed by atoms with van der Waals surface area (Å²) in [4.78, 5) is 2.51. The Hall–Kier alpha value is -1.17. The fourth-order valence-electron chi connectivity index (χ4n) is 3.86. The molecule has 2 bridgehead atoms. The first-order valence-electron chi connectivity index (χ1n) is 6.99. The molecule has 2 unspecified atom stereocenters. The molecule has 0 saturated carbocycles. The second-order valence-electron chi connectivity index (χ2n) is 5.93. The highest BCUT2D eigenvalue weighted by atomic mass is 35.5. The van der Waals surface area contributed by atoms with E-state index in [9.17, 15) is 4.39 Å². The van der Waals surface area contributed by atoms with Gasteiger partial charge in [-0.2, -0.15) is 0 Å². The van der Waals surface area contributed by atoms with Crippen molar-refractivity contribution in [2.75, 3.05) is 7.05 Å². The van der Waals surface area contributed by atoms with Crippen LogP contribution in [0.15, 0.2) is 22.7 Å². The maximum Gasteiger partial charge on any atom is 0.170 e. The molecule has 21 heavy (non-hydrogen) atoms. The molecule has 1 aromatic heterocycles. The zero-order valence-corrected chi connectivity index (χ0v) is 12.7. The lowest BCUT2D eigenvalue weighted by atomic mass is 9.87.